The zero-order valence-electron chi connectivity index (χ0n) is 23.2. The second-order valence-electron chi connectivity index (χ2n) is 9.90. The summed E-state index contributed by atoms with van der Waals surface area (Å²) >= 11 is 1.63. The number of carbonyl (C=O) groups is 1. The fraction of sp³-hybridized carbons (Fsp3) is 0.345. The Kier molecular flexibility index (Phi) is 11.2. The van der Waals surface area contributed by atoms with Crippen LogP contribution in [-0.2, 0) is 10.0 Å². The van der Waals surface area contributed by atoms with E-state index in [4.69, 9.17) is 5.73 Å². The van der Waals surface area contributed by atoms with Gasteiger partial charge in [0, 0.05) is 60.2 Å². The third kappa shape index (κ3) is 8.68. The molecule has 1 heterocycles. The lowest BCUT2D eigenvalue weighted by atomic mass is 10.1. The number of carbonyl (C=O) groups excluding carboxylic acids is 1. The minimum atomic E-state index is -4.37. The summed E-state index contributed by atoms with van der Waals surface area (Å²) in [6, 6.07) is 20.0. The number of thioether (sulfide) groups is 1. The lowest BCUT2D eigenvalue weighted by molar-refractivity contribution is -0.384. The molecule has 11 nitrogen and oxygen atoms in total. The van der Waals surface area contributed by atoms with E-state index < -0.39 is 20.9 Å². The van der Waals surface area contributed by atoms with E-state index in [1.807, 2.05) is 35.1 Å². The first kappa shape index (κ1) is 31.3. The summed E-state index contributed by atoms with van der Waals surface area (Å²) in [5, 5.41) is 18.5. The van der Waals surface area contributed by atoms with E-state index >= 15 is 0 Å². The summed E-state index contributed by atoms with van der Waals surface area (Å²) in [5.74, 6) is -0.167. The average Bonchev–Trinajstić information content (AvgIpc) is 3.00. The normalized spacial score (nSPS) is 14.3. The molecule has 1 aliphatic heterocycles. The van der Waals surface area contributed by atoms with Gasteiger partial charge < -0.3 is 21.3 Å². The van der Waals surface area contributed by atoms with Crippen molar-refractivity contribution in [3.8, 4) is 0 Å². The highest BCUT2D eigenvalue weighted by atomic mass is 32.2. The number of nitrogens with one attached hydrogen (secondary N) is 3. The first-order chi connectivity index (χ1) is 20.3. The lowest BCUT2D eigenvalue weighted by Gasteiger charge is -2.29. The molecule has 0 unspecified atom stereocenters. The van der Waals surface area contributed by atoms with Crippen LogP contribution in [0.4, 0.5) is 17.1 Å². The highest BCUT2D eigenvalue weighted by Gasteiger charge is 2.25. The molecular formula is C29H36N6O5S2. The van der Waals surface area contributed by atoms with Crippen molar-refractivity contribution in [2.45, 2.75) is 35.1 Å². The fourth-order valence-electron chi connectivity index (χ4n) is 4.60. The van der Waals surface area contributed by atoms with Crippen LogP contribution in [0.3, 0.4) is 0 Å². The van der Waals surface area contributed by atoms with Gasteiger partial charge in [-0.15, -0.1) is 11.8 Å². The minimum absolute atomic E-state index is 0.119. The summed E-state index contributed by atoms with van der Waals surface area (Å²) in [6.07, 6.45) is 2.40. The van der Waals surface area contributed by atoms with E-state index in [1.165, 1.54) is 12.1 Å². The second-order valence-corrected chi connectivity index (χ2v) is 12.7. The Morgan fingerprint density at radius 1 is 1.05 bits per heavy atom. The van der Waals surface area contributed by atoms with Crippen LogP contribution in [0.1, 0.15) is 29.6 Å². The van der Waals surface area contributed by atoms with E-state index in [2.05, 4.69) is 15.5 Å². The molecule has 4 rings (SSSR count). The molecule has 13 heteroatoms. The summed E-state index contributed by atoms with van der Waals surface area (Å²) in [4.78, 5) is 27.0. The van der Waals surface area contributed by atoms with Crippen molar-refractivity contribution < 1.29 is 18.1 Å². The van der Waals surface area contributed by atoms with Crippen molar-refractivity contribution in [3.05, 3.63) is 88.5 Å². The number of hydrogen-bond donors (Lipinski definition) is 4. The van der Waals surface area contributed by atoms with Gasteiger partial charge >= 0.3 is 0 Å². The van der Waals surface area contributed by atoms with Gasteiger partial charge in [0.2, 0.25) is 0 Å². The fourth-order valence-corrected chi connectivity index (χ4v) is 6.59. The first-order valence-electron chi connectivity index (χ1n) is 13.8. The number of nitro groups is 1. The summed E-state index contributed by atoms with van der Waals surface area (Å²) in [7, 11) is -4.37. The minimum Gasteiger partial charge on any atom is -0.376 e. The highest BCUT2D eigenvalue weighted by molar-refractivity contribution is 7.99. The number of anilines is 2. The monoisotopic (exact) mass is 612 g/mol. The van der Waals surface area contributed by atoms with E-state index in [-0.39, 0.29) is 27.9 Å². The van der Waals surface area contributed by atoms with Crippen LogP contribution in [0.5, 0.6) is 0 Å². The van der Waals surface area contributed by atoms with Crippen molar-refractivity contribution in [3.63, 3.8) is 0 Å². The summed E-state index contributed by atoms with van der Waals surface area (Å²) < 4.78 is 28.2. The van der Waals surface area contributed by atoms with Gasteiger partial charge in [-0.2, -0.15) is 0 Å². The molecule has 0 bridgehead atoms. The maximum atomic E-state index is 13.1. The van der Waals surface area contributed by atoms with Gasteiger partial charge in [-0.1, -0.05) is 24.6 Å². The third-order valence-corrected chi connectivity index (χ3v) is 9.38. The Labute approximate surface area is 250 Å². The van der Waals surface area contributed by atoms with Crippen LogP contribution in [0.2, 0.25) is 0 Å². The Hall–Kier alpha value is -3.65. The first-order valence-corrected chi connectivity index (χ1v) is 16.3. The number of rotatable bonds is 14. The molecule has 1 amide bonds. The molecule has 1 saturated heterocycles. The maximum absolute atomic E-state index is 13.1. The van der Waals surface area contributed by atoms with Crippen LogP contribution < -0.4 is 26.0 Å². The van der Waals surface area contributed by atoms with Crippen LogP contribution in [0.15, 0.2) is 82.6 Å². The predicted octanol–water partition coefficient (Wildman–Crippen LogP) is 3.82. The number of benzene rings is 3. The molecular weight excluding hydrogens is 576 g/mol. The molecule has 1 fully saturated rings. The molecule has 1 atom stereocenters. The van der Waals surface area contributed by atoms with Crippen LogP contribution in [-0.4, -0.2) is 63.8 Å². The molecule has 3 aromatic rings. The number of amides is 1. The van der Waals surface area contributed by atoms with Gasteiger partial charge in [-0.3, -0.25) is 14.9 Å². The average molecular weight is 613 g/mol. The molecule has 1 aliphatic rings. The highest BCUT2D eigenvalue weighted by Crippen LogP contribution is 2.30. The molecule has 5 N–H and O–H groups in total. The zero-order valence-corrected chi connectivity index (χ0v) is 24.8. The Morgan fingerprint density at radius 3 is 2.43 bits per heavy atom. The van der Waals surface area contributed by atoms with Gasteiger partial charge in [0.25, 0.3) is 21.6 Å². The SMILES string of the molecule is NCCCC[C@H](CSc1ccccc1)Nc1ccc(S(=O)(=O)NC(=O)c2ccc(N3CCNCC3)cc2)cc1[N+](=O)[O-]. The topological polar surface area (TPSA) is 160 Å². The number of unbranched alkanes of at least 4 members (excludes halogenated alkanes) is 1. The predicted molar refractivity (Wildman–Crippen MR) is 167 cm³/mol. The van der Waals surface area contributed by atoms with Crippen molar-refractivity contribution in [2.24, 2.45) is 5.73 Å². The van der Waals surface area contributed by atoms with Crippen molar-refractivity contribution in [1.82, 2.24) is 10.0 Å². The van der Waals surface area contributed by atoms with Crippen LogP contribution >= 0.6 is 11.8 Å². The molecule has 0 aliphatic carbocycles. The Bertz CT molecular complexity index is 1450. The van der Waals surface area contributed by atoms with Crippen molar-refractivity contribution >= 4 is 44.8 Å². The molecule has 42 heavy (non-hydrogen) atoms. The number of nitrogens with zero attached hydrogens (tertiary/aromatic N) is 2. The van der Waals surface area contributed by atoms with E-state index in [0.717, 1.165) is 62.1 Å². The van der Waals surface area contributed by atoms with Crippen LogP contribution in [0.25, 0.3) is 0 Å². The molecule has 0 saturated carbocycles. The lowest BCUT2D eigenvalue weighted by Crippen LogP contribution is -2.43. The Morgan fingerprint density at radius 2 is 1.76 bits per heavy atom. The number of sulfonamides is 1. The molecule has 224 valence electrons. The van der Waals surface area contributed by atoms with Gasteiger partial charge in [0.15, 0.2) is 0 Å². The smallest absolute Gasteiger partial charge is 0.293 e. The largest absolute Gasteiger partial charge is 0.376 e. The molecule has 3 aromatic carbocycles. The molecule has 0 aromatic heterocycles. The maximum Gasteiger partial charge on any atom is 0.293 e. The van der Waals surface area contributed by atoms with E-state index in [9.17, 15) is 23.3 Å². The van der Waals surface area contributed by atoms with Crippen molar-refractivity contribution in [1.29, 1.82) is 0 Å². The molecule has 0 spiro atoms. The van der Waals surface area contributed by atoms with Crippen molar-refractivity contribution in [2.75, 3.05) is 48.7 Å². The van der Waals surface area contributed by atoms with Gasteiger partial charge in [0.05, 0.1) is 9.82 Å². The number of piperazine rings is 1. The quantitative estimate of drug-likeness (QED) is 0.0912. The van der Waals surface area contributed by atoms with E-state index in [0.29, 0.717) is 12.3 Å². The van der Waals surface area contributed by atoms with Gasteiger partial charge in [0.1, 0.15) is 5.69 Å². The van der Waals surface area contributed by atoms with Gasteiger partial charge in [-0.05, 0) is 67.9 Å². The molecule has 0 radical (unpaired) electrons. The number of hydrogen-bond acceptors (Lipinski definition) is 10. The second kappa shape index (κ2) is 15.0. The Balaban J connectivity index is 1.47. The third-order valence-electron chi connectivity index (χ3n) is 6.88. The standard InChI is InChI=1S/C29H36N6O5S2/c30-15-5-4-6-23(21-41-25-7-2-1-3-8-25)32-27-14-13-26(20-28(27)35(37)38)42(39,40)33-29(36)22-9-11-24(12-10-22)34-18-16-31-17-19-34/h1-3,7-14,20,23,31-32H,4-6,15-19,21,30H2,(H,33,36)/t23-/m1/s1. The summed E-state index contributed by atoms with van der Waals surface area (Å²) in [5.41, 5.74) is 6.59. The van der Waals surface area contributed by atoms with E-state index in [1.54, 1.807) is 36.0 Å². The summed E-state index contributed by atoms with van der Waals surface area (Å²) in [6.45, 7) is 3.95. The van der Waals surface area contributed by atoms with Gasteiger partial charge in [-0.25, -0.2) is 13.1 Å². The van der Waals surface area contributed by atoms with Crippen LogP contribution in [0, 0.1) is 10.1 Å². The number of nitro benzene ring substituents is 1. The number of nitrogens with two attached hydrogens (primary N) is 1. The zero-order chi connectivity index (χ0) is 30.0.